The molecule has 0 unspecified atom stereocenters. The van der Waals surface area contributed by atoms with Gasteiger partial charge in [0, 0.05) is 23.9 Å². The Morgan fingerprint density at radius 1 is 1.00 bits per heavy atom. The van der Waals surface area contributed by atoms with Crippen LogP contribution >= 0.6 is 0 Å². The van der Waals surface area contributed by atoms with Crippen molar-refractivity contribution in [3.63, 3.8) is 0 Å². The molecule has 0 aromatic heterocycles. The number of hydrogen-bond donors (Lipinski definition) is 1. The monoisotopic (exact) mass is 239 g/mol. The predicted molar refractivity (Wildman–Crippen MR) is 75.3 cm³/mol. The third-order valence-electron chi connectivity index (χ3n) is 3.27. The minimum Gasteiger partial charge on any atom is -0.387 e. The number of benzene rings is 2. The molecule has 0 amide bonds. The summed E-state index contributed by atoms with van der Waals surface area (Å²) in [4.78, 5) is 12.4. The second-order valence-electron chi connectivity index (χ2n) is 4.38. The molecule has 0 saturated heterocycles. The molecule has 0 bridgehead atoms. The zero-order valence-corrected chi connectivity index (χ0v) is 10.9. The van der Waals surface area contributed by atoms with Gasteiger partial charge in [-0.3, -0.25) is 4.79 Å². The summed E-state index contributed by atoms with van der Waals surface area (Å²) in [6.07, 6.45) is 0. The van der Waals surface area contributed by atoms with Crippen LogP contribution in [0.5, 0.6) is 0 Å². The molecular formula is C16H17NO. The molecule has 18 heavy (non-hydrogen) atoms. The minimum absolute atomic E-state index is 0.0584. The number of ketones is 1. The lowest BCUT2D eigenvalue weighted by Crippen LogP contribution is -2.07. The van der Waals surface area contributed by atoms with Gasteiger partial charge in [0.25, 0.3) is 0 Å². The third kappa shape index (κ3) is 2.14. The van der Waals surface area contributed by atoms with E-state index in [2.05, 4.69) is 5.32 Å². The highest BCUT2D eigenvalue weighted by Crippen LogP contribution is 2.25. The molecule has 0 heterocycles. The largest absolute Gasteiger partial charge is 0.387 e. The van der Waals surface area contributed by atoms with E-state index < -0.39 is 0 Å². The second-order valence-corrected chi connectivity index (χ2v) is 4.38. The van der Waals surface area contributed by atoms with Crippen molar-refractivity contribution in [3.05, 3.63) is 64.7 Å². The Morgan fingerprint density at radius 3 is 2.28 bits per heavy atom. The summed E-state index contributed by atoms with van der Waals surface area (Å²) < 4.78 is 0. The van der Waals surface area contributed by atoms with Crippen LogP contribution in [0, 0.1) is 13.8 Å². The highest BCUT2D eigenvalue weighted by atomic mass is 16.1. The molecule has 2 rings (SSSR count). The summed E-state index contributed by atoms with van der Waals surface area (Å²) in [5, 5.41) is 3.13. The summed E-state index contributed by atoms with van der Waals surface area (Å²) in [7, 11) is 1.85. The van der Waals surface area contributed by atoms with Gasteiger partial charge in [-0.1, -0.05) is 36.4 Å². The van der Waals surface area contributed by atoms with Crippen LogP contribution in [0.25, 0.3) is 0 Å². The summed E-state index contributed by atoms with van der Waals surface area (Å²) in [6.45, 7) is 4.08. The first-order chi connectivity index (χ1) is 8.65. The van der Waals surface area contributed by atoms with Crippen LogP contribution < -0.4 is 5.32 Å². The molecule has 0 aliphatic rings. The fourth-order valence-electron chi connectivity index (χ4n) is 2.07. The van der Waals surface area contributed by atoms with Crippen molar-refractivity contribution in [2.45, 2.75) is 13.8 Å². The highest BCUT2D eigenvalue weighted by molar-refractivity contribution is 6.12. The Morgan fingerprint density at radius 2 is 1.67 bits per heavy atom. The Hall–Kier alpha value is -2.09. The molecule has 0 saturated carbocycles. The molecule has 92 valence electrons. The van der Waals surface area contributed by atoms with Crippen molar-refractivity contribution in [1.82, 2.24) is 0 Å². The number of hydrogen-bond acceptors (Lipinski definition) is 2. The number of nitrogens with one attached hydrogen (secondary N) is 1. The van der Waals surface area contributed by atoms with Crippen LogP contribution in [0.15, 0.2) is 42.5 Å². The SMILES string of the molecule is CNc1c(C(=O)c2ccccc2)ccc(C)c1C. The average Bonchev–Trinajstić information content (AvgIpc) is 2.42. The van der Waals surface area contributed by atoms with E-state index in [0.717, 1.165) is 22.4 Å². The molecule has 0 aliphatic heterocycles. The summed E-state index contributed by atoms with van der Waals surface area (Å²) in [5.41, 5.74) is 4.68. The summed E-state index contributed by atoms with van der Waals surface area (Å²) in [5.74, 6) is 0.0584. The quantitative estimate of drug-likeness (QED) is 0.829. The molecule has 2 aromatic carbocycles. The van der Waals surface area contributed by atoms with E-state index >= 15 is 0 Å². The molecule has 0 spiro atoms. The van der Waals surface area contributed by atoms with Gasteiger partial charge in [-0.15, -0.1) is 0 Å². The van der Waals surface area contributed by atoms with Crippen LogP contribution in [0.1, 0.15) is 27.0 Å². The van der Waals surface area contributed by atoms with Crippen LogP contribution in [-0.2, 0) is 0 Å². The Labute approximate surface area is 108 Å². The van der Waals surface area contributed by atoms with Crippen molar-refractivity contribution in [1.29, 1.82) is 0 Å². The fourth-order valence-corrected chi connectivity index (χ4v) is 2.07. The van der Waals surface area contributed by atoms with Gasteiger partial charge in [-0.2, -0.15) is 0 Å². The maximum atomic E-state index is 12.4. The Balaban J connectivity index is 2.52. The van der Waals surface area contributed by atoms with E-state index in [1.165, 1.54) is 5.56 Å². The Kier molecular flexibility index (Phi) is 3.47. The lowest BCUT2D eigenvalue weighted by atomic mass is 9.96. The van der Waals surface area contributed by atoms with Gasteiger partial charge >= 0.3 is 0 Å². The minimum atomic E-state index is 0.0584. The molecule has 0 fully saturated rings. The van der Waals surface area contributed by atoms with E-state index in [0.29, 0.717) is 0 Å². The maximum Gasteiger partial charge on any atom is 0.195 e. The molecule has 0 radical (unpaired) electrons. The predicted octanol–water partition coefficient (Wildman–Crippen LogP) is 3.58. The smallest absolute Gasteiger partial charge is 0.195 e. The van der Waals surface area contributed by atoms with Gasteiger partial charge in [0.1, 0.15) is 0 Å². The van der Waals surface area contributed by atoms with Gasteiger partial charge < -0.3 is 5.32 Å². The van der Waals surface area contributed by atoms with Gasteiger partial charge in [0.2, 0.25) is 0 Å². The van der Waals surface area contributed by atoms with Gasteiger partial charge in [0.05, 0.1) is 0 Å². The summed E-state index contributed by atoms with van der Waals surface area (Å²) in [6, 6.07) is 13.3. The van der Waals surface area contributed by atoms with Crippen molar-refractivity contribution >= 4 is 11.5 Å². The molecular weight excluding hydrogens is 222 g/mol. The average molecular weight is 239 g/mol. The van der Waals surface area contributed by atoms with Gasteiger partial charge in [0.15, 0.2) is 5.78 Å². The van der Waals surface area contributed by atoms with Crippen molar-refractivity contribution in [2.75, 3.05) is 12.4 Å². The standard InChI is InChI=1S/C16H17NO/c1-11-9-10-14(15(17-3)12(11)2)16(18)13-7-5-4-6-8-13/h4-10,17H,1-3H3. The van der Waals surface area contributed by atoms with Crippen LogP contribution in [0.3, 0.4) is 0 Å². The number of aryl methyl sites for hydroxylation is 1. The first kappa shape index (κ1) is 12.4. The van der Waals surface area contributed by atoms with E-state index in [4.69, 9.17) is 0 Å². The van der Waals surface area contributed by atoms with Gasteiger partial charge in [-0.05, 0) is 31.0 Å². The lowest BCUT2D eigenvalue weighted by Gasteiger charge is -2.13. The molecule has 2 aromatic rings. The van der Waals surface area contributed by atoms with Crippen LogP contribution in [0.4, 0.5) is 5.69 Å². The molecule has 0 aliphatic carbocycles. The zero-order valence-electron chi connectivity index (χ0n) is 10.9. The van der Waals surface area contributed by atoms with Crippen molar-refractivity contribution in [2.24, 2.45) is 0 Å². The van der Waals surface area contributed by atoms with Crippen LogP contribution in [0.2, 0.25) is 0 Å². The topological polar surface area (TPSA) is 29.1 Å². The number of anilines is 1. The van der Waals surface area contributed by atoms with E-state index in [1.807, 2.05) is 63.4 Å². The van der Waals surface area contributed by atoms with Gasteiger partial charge in [-0.25, -0.2) is 0 Å². The molecule has 1 N–H and O–H groups in total. The lowest BCUT2D eigenvalue weighted by molar-refractivity contribution is 0.103. The highest BCUT2D eigenvalue weighted by Gasteiger charge is 2.15. The third-order valence-corrected chi connectivity index (χ3v) is 3.27. The van der Waals surface area contributed by atoms with E-state index in [1.54, 1.807) is 0 Å². The first-order valence-corrected chi connectivity index (χ1v) is 6.03. The molecule has 2 nitrogen and oxygen atoms in total. The zero-order chi connectivity index (χ0) is 13.1. The maximum absolute atomic E-state index is 12.4. The Bertz CT molecular complexity index is 573. The van der Waals surface area contributed by atoms with E-state index in [-0.39, 0.29) is 5.78 Å². The van der Waals surface area contributed by atoms with Crippen LogP contribution in [-0.4, -0.2) is 12.8 Å². The van der Waals surface area contributed by atoms with Crippen molar-refractivity contribution in [3.8, 4) is 0 Å². The number of carbonyl (C=O) groups is 1. The normalized spacial score (nSPS) is 10.2. The van der Waals surface area contributed by atoms with Crippen molar-refractivity contribution < 1.29 is 4.79 Å². The van der Waals surface area contributed by atoms with E-state index in [9.17, 15) is 4.79 Å². The number of rotatable bonds is 3. The number of carbonyl (C=O) groups excluding carboxylic acids is 1. The molecule has 2 heteroatoms. The first-order valence-electron chi connectivity index (χ1n) is 6.03. The molecule has 0 atom stereocenters. The summed E-state index contributed by atoms with van der Waals surface area (Å²) >= 11 is 0. The fraction of sp³-hybridized carbons (Fsp3) is 0.188. The second kappa shape index (κ2) is 5.05.